The first-order valence-electron chi connectivity index (χ1n) is 3.57. The molecule has 0 saturated carbocycles. The number of nitrogens with one attached hydrogen (secondary N) is 1. The highest BCUT2D eigenvalue weighted by atomic mass is 19.1. The molecular weight excluding hydrogens is 174 g/mol. The number of rotatable bonds is 2. The molecule has 68 valence electrons. The summed E-state index contributed by atoms with van der Waals surface area (Å²) < 4.78 is 25.4. The van der Waals surface area contributed by atoms with Gasteiger partial charge >= 0.3 is 0 Å². The number of benzene rings is 1. The highest BCUT2D eigenvalue weighted by molar-refractivity contribution is 5.81. The van der Waals surface area contributed by atoms with Gasteiger partial charge in [-0.2, -0.15) is 0 Å². The van der Waals surface area contributed by atoms with Crippen molar-refractivity contribution in [1.29, 1.82) is 5.41 Å². The summed E-state index contributed by atoms with van der Waals surface area (Å²) in [6.45, 7) is 0. The van der Waals surface area contributed by atoms with Crippen molar-refractivity contribution in [1.82, 2.24) is 0 Å². The van der Waals surface area contributed by atoms with Gasteiger partial charge in [-0.05, 0) is 18.2 Å². The topological polar surface area (TPSA) is 49.9 Å². The van der Waals surface area contributed by atoms with Crippen molar-refractivity contribution in [2.75, 3.05) is 0 Å². The van der Waals surface area contributed by atoms with Crippen molar-refractivity contribution in [2.24, 2.45) is 5.73 Å². The standard InChI is InChI=1S/C9H8F2N2/c10-6-1-2-7(8(11)5-6)9(13)3-4-12/h1-5,12H,13H2. The van der Waals surface area contributed by atoms with Gasteiger partial charge in [-0.15, -0.1) is 0 Å². The number of halogens is 2. The van der Waals surface area contributed by atoms with Gasteiger partial charge in [0.05, 0.1) is 0 Å². The summed E-state index contributed by atoms with van der Waals surface area (Å²) >= 11 is 0. The van der Waals surface area contributed by atoms with Crippen LogP contribution in [0.5, 0.6) is 0 Å². The summed E-state index contributed by atoms with van der Waals surface area (Å²) in [4.78, 5) is 0. The van der Waals surface area contributed by atoms with Crippen LogP contribution in [0, 0.1) is 17.0 Å². The van der Waals surface area contributed by atoms with Crippen molar-refractivity contribution in [3.63, 3.8) is 0 Å². The van der Waals surface area contributed by atoms with Gasteiger partial charge in [0.2, 0.25) is 0 Å². The maximum Gasteiger partial charge on any atom is 0.135 e. The second-order valence-electron chi connectivity index (χ2n) is 2.41. The van der Waals surface area contributed by atoms with E-state index in [-0.39, 0.29) is 11.3 Å². The Morgan fingerprint density at radius 1 is 1.38 bits per heavy atom. The van der Waals surface area contributed by atoms with E-state index in [1.165, 1.54) is 12.1 Å². The molecule has 0 amide bonds. The van der Waals surface area contributed by atoms with E-state index >= 15 is 0 Å². The molecule has 0 bridgehead atoms. The Labute approximate surface area is 74.2 Å². The molecule has 0 heterocycles. The van der Waals surface area contributed by atoms with Crippen LogP contribution in [0.4, 0.5) is 8.78 Å². The lowest BCUT2D eigenvalue weighted by atomic mass is 10.1. The molecule has 3 N–H and O–H groups in total. The summed E-state index contributed by atoms with van der Waals surface area (Å²) in [6, 6.07) is 3.10. The summed E-state index contributed by atoms with van der Waals surface area (Å²) in [5.41, 5.74) is 5.61. The Morgan fingerprint density at radius 3 is 2.62 bits per heavy atom. The zero-order valence-corrected chi connectivity index (χ0v) is 6.72. The molecule has 0 unspecified atom stereocenters. The van der Waals surface area contributed by atoms with Crippen LogP contribution < -0.4 is 5.73 Å². The minimum absolute atomic E-state index is 0.102. The molecule has 1 aromatic rings. The Balaban J connectivity index is 3.15. The van der Waals surface area contributed by atoms with Crippen LogP contribution in [0.15, 0.2) is 24.3 Å². The molecule has 1 rings (SSSR count). The SMILES string of the molecule is N=CC=C(N)c1ccc(F)cc1F. The predicted molar refractivity (Wildman–Crippen MR) is 47.3 cm³/mol. The van der Waals surface area contributed by atoms with Crippen LogP contribution in [0.1, 0.15) is 5.56 Å². The van der Waals surface area contributed by atoms with Crippen molar-refractivity contribution >= 4 is 11.9 Å². The zero-order valence-electron chi connectivity index (χ0n) is 6.72. The monoisotopic (exact) mass is 182 g/mol. The smallest absolute Gasteiger partial charge is 0.135 e. The van der Waals surface area contributed by atoms with Gasteiger partial charge in [0.25, 0.3) is 0 Å². The van der Waals surface area contributed by atoms with Crippen LogP contribution in [0.2, 0.25) is 0 Å². The Kier molecular flexibility index (Phi) is 2.74. The highest BCUT2D eigenvalue weighted by Gasteiger charge is 2.04. The minimum Gasteiger partial charge on any atom is -0.398 e. The molecule has 0 saturated heterocycles. The number of hydrogen-bond acceptors (Lipinski definition) is 2. The molecule has 0 aliphatic heterocycles. The van der Waals surface area contributed by atoms with Gasteiger partial charge in [-0.3, -0.25) is 0 Å². The largest absolute Gasteiger partial charge is 0.398 e. The van der Waals surface area contributed by atoms with Crippen LogP contribution >= 0.6 is 0 Å². The average Bonchev–Trinajstić information content (AvgIpc) is 2.04. The molecule has 13 heavy (non-hydrogen) atoms. The second kappa shape index (κ2) is 3.80. The first-order valence-corrected chi connectivity index (χ1v) is 3.57. The maximum absolute atomic E-state index is 13.0. The summed E-state index contributed by atoms with van der Waals surface area (Å²) in [5.74, 6) is -1.38. The van der Waals surface area contributed by atoms with E-state index in [4.69, 9.17) is 11.1 Å². The van der Waals surface area contributed by atoms with Crippen LogP contribution in [-0.4, -0.2) is 6.21 Å². The Bertz CT molecular complexity index is 359. The van der Waals surface area contributed by atoms with E-state index in [1.807, 2.05) is 0 Å². The van der Waals surface area contributed by atoms with Gasteiger partial charge in [-0.1, -0.05) is 0 Å². The predicted octanol–water partition coefficient (Wildman–Crippen LogP) is 1.91. The van der Waals surface area contributed by atoms with Crippen molar-refractivity contribution in [2.45, 2.75) is 0 Å². The fourth-order valence-electron chi connectivity index (χ4n) is 0.903. The minimum atomic E-state index is -0.726. The Morgan fingerprint density at radius 2 is 2.08 bits per heavy atom. The summed E-state index contributed by atoms with van der Waals surface area (Å²) in [6.07, 6.45) is 2.18. The molecule has 0 fully saturated rings. The zero-order chi connectivity index (χ0) is 9.84. The van der Waals surface area contributed by atoms with Crippen molar-refractivity contribution in [3.8, 4) is 0 Å². The molecule has 2 nitrogen and oxygen atoms in total. The fraction of sp³-hybridized carbons (Fsp3) is 0. The molecule has 0 spiro atoms. The van der Waals surface area contributed by atoms with Crippen molar-refractivity contribution < 1.29 is 8.78 Å². The van der Waals surface area contributed by atoms with Crippen LogP contribution in [0.25, 0.3) is 5.70 Å². The number of hydrogen-bond donors (Lipinski definition) is 2. The highest BCUT2D eigenvalue weighted by Crippen LogP contribution is 2.14. The van der Waals surface area contributed by atoms with Gasteiger partial charge in [0, 0.05) is 23.5 Å². The molecule has 4 heteroatoms. The van der Waals surface area contributed by atoms with E-state index < -0.39 is 11.6 Å². The first kappa shape index (κ1) is 9.38. The van der Waals surface area contributed by atoms with Gasteiger partial charge in [-0.25, -0.2) is 8.78 Å². The van der Waals surface area contributed by atoms with E-state index in [1.54, 1.807) is 0 Å². The van der Waals surface area contributed by atoms with Gasteiger partial charge in [0.1, 0.15) is 11.6 Å². The van der Waals surface area contributed by atoms with Gasteiger partial charge in [0.15, 0.2) is 0 Å². The lowest BCUT2D eigenvalue weighted by Gasteiger charge is -2.01. The lowest BCUT2D eigenvalue weighted by molar-refractivity contribution is 0.581. The second-order valence-corrected chi connectivity index (χ2v) is 2.41. The third-order valence-electron chi connectivity index (χ3n) is 1.51. The van der Waals surface area contributed by atoms with E-state index in [2.05, 4.69) is 0 Å². The molecule has 0 aliphatic rings. The molecule has 0 radical (unpaired) electrons. The number of nitrogens with two attached hydrogens (primary N) is 1. The lowest BCUT2D eigenvalue weighted by Crippen LogP contribution is -2.00. The van der Waals surface area contributed by atoms with E-state index in [0.717, 1.165) is 18.3 Å². The first-order chi connectivity index (χ1) is 6.15. The van der Waals surface area contributed by atoms with Crippen molar-refractivity contribution in [3.05, 3.63) is 41.5 Å². The van der Waals surface area contributed by atoms with Crippen LogP contribution in [-0.2, 0) is 0 Å². The molecular formula is C9H8F2N2. The van der Waals surface area contributed by atoms with E-state index in [9.17, 15) is 8.78 Å². The Hall–Kier alpha value is -1.71. The third-order valence-corrected chi connectivity index (χ3v) is 1.51. The molecule has 0 aromatic heterocycles. The summed E-state index contributed by atoms with van der Waals surface area (Å²) in [5, 5.41) is 6.72. The van der Waals surface area contributed by atoms with Gasteiger partial charge < -0.3 is 11.1 Å². The third kappa shape index (κ3) is 2.11. The molecule has 0 atom stereocenters. The normalized spacial score (nSPS) is 11.4. The van der Waals surface area contributed by atoms with Crippen LogP contribution in [0.3, 0.4) is 0 Å². The van der Waals surface area contributed by atoms with E-state index in [0.29, 0.717) is 0 Å². The quantitative estimate of drug-likeness (QED) is 0.674. The maximum atomic E-state index is 13.0. The number of allylic oxidation sites excluding steroid dienone is 1. The molecule has 0 aliphatic carbocycles. The fourth-order valence-corrected chi connectivity index (χ4v) is 0.903. The molecule has 1 aromatic carbocycles. The summed E-state index contributed by atoms with van der Waals surface area (Å²) in [7, 11) is 0. The average molecular weight is 182 g/mol.